The van der Waals surface area contributed by atoms with Gasteiger partial charge in [-0.05, 0) is 48.5 Å². The Morgan fingerprint density at radius 2 is 1.33 bits per heavy atom. The van der Waals surface area contributed by atoms with Crippen molar-refractivity contribution in [1.29, 1.82) is 0 Å². The third-order valence-electron chi connectivity index (χ3n) is 4.35. The molecule has 7 heteroatoms. The Bertz CT molecular complexity index is 827. The third kappa shape index (κ3) is 5.07. The zero-order chi connectivity index (χ0) is 19.2. The van der Waals surface area contributed by atoms with Crippen LogP contribution in [-0.2, 0) is 9.59 Å². The van der Waals surface area contributed by atoms with Gasteiger partial charge in [-0.15, -0.1) is 0 Å². The fraction of sp³-hybridized carbons (Fsp3) is 0.200. The van der Waals surface area contributed by atoms with Crippen LogP contribution in [0.5, 0.6) is 0 Å². The van der Waals surface area contributed by atoms with Crippen molar-refractivity contribution in [3.8, 4) is 0 Å². The molecule has 27 heavy (non-hydrogen) atoms. The fourth-order valence-electron chi connectivity index (χ4n) is 2.96. The number of carbonyl (C=O) groups excluding carboxylic acids is 1. The molecule has 2 aromatic rings. The van der Waals surface area contributed by atoms with Crippen LogP contribution in [0, 0.1) is 5.82 Å². The van der Waals surface area contributed by atoms with E-state index in [-0.39, 0.29) is 5.82 Å². The fourth-order valence-corrected chi connectivity index (χ4v) is 2.96. The zero-order valence-corrected chi connectivity index (χ0v) is 14.6. The van der Waals surface area contributed by atoms with Gasteiger partial charge in [-0.2, -0.15) is 0 Å². The Morgan fingerprint density at radius 3 is 1.81 bits per heavy atom. The second-order valence-electron chi connectivity index (χ2n) is 6.16. The molecule has 3 rings (SSSR count). The number of piperazine rings is 1. The summed E-state index contributed by atoms with van der Waals surface area (Å²) in [6.45, 7) is 3.35. The number of carboxylic acid groups (broad SMARTS) is 1. The van der Waals surface area contributed by atoms with Crippen molar-refractivity contribution >= 4 is 28.9 Å². The lowest BCUT2D eigenvalue weighted by Gasteiger charge is -2.37. The number of nitrogens with zero attached hydrogens (tertiary/aromatic N) is 2. The summed E-state index contributed by atoms with van der Waals surface area (Å²) in [7, 11) is 0. The monoisotopic (exact) mass is 369 g/mol. The van der Waals surface area contributed by atoms with Crippen molar-refractivity contribution in [3.63, 3.8) is 0 Å². The Kier molecular flexibility index (Phi) is 5.71. The molecule has 0 aromatic heterocycles. The van der Waals surface area contributed by atoms with Gasteiger partial charge >= 0.3 is 5.97 Å². The molecule has 140 valence electrons. The van der Waals surface area contributed by atoms with Crippen LogP contribution < -0.4 is 15.1 Å². The van der Waals surface area contributed by atoms with Gasteiger partial charge in [0.2, 0.25) is 5.91 Å². The number of aliphatic carboxylic acids is 1. The minimum Gasteiger partial charge on any atom is -0.478 e. The average molecular weight is 369 g/mol. The summed E-state index contributed by atoms with van der Waals surface area (Å²) in [5, 5.41) is 11.1. The van der Waals surface area contributed by atoms with E-state index in [4.69, 9.17) is 5.11 Å². The molecule has 6 nitrogen and oxygen atoms in total. The summed E-state index contributed by atoms with van der Waals surface area (Å²) in [6.07, 6.45) is 1.77. The summed E-state index contributed by atoms with van der Waals surface area (Å²) in [5.41, 5.74) is 2.67. The van der Waals surface area contributed by atoms with Crippen LogP contribution in [0.3, 0.4) is 0 Å². The number of carbonyl (C=O) groups is 2. The zero-order valence-electron chi connectivity index (χ0n) is 14.6. The molecule has 1 saturated heterocycles. The molecule has 0 unspecified atom stereocenters. The van der Waals surface area contributed by atoms with E-state index in [0.717, 1.165) is 49.7 Å². The normalized spacial score (nSPS) is 14.4. The molecule has 0 aliphatic carbocycles. The standard InChI is InChI=1S/C20H20FN3O3/c21-15-1-5-17(6-2-15)23-11-13-24(14-12-23)18-7-3-16(4-8-18)22-19(25)9-10-20(26)27/h1-10H,11-14H2,(H,22,25)(H,26,27). The molecule has 1 aliphatic heterocycles. The minimum absolute atomic E-state index is 0.233. The highest BCUT2D eigenvalue weighted by molar-refractivity contribution is 6.02. The smallest absolute Gasteiger partial charge is 0.328 e. The van der Waals surface area contributed by atoms with Crippen molar-refractivity contribution in [2.24, 2.45) is 0 Å². The molecule has 1 fully saturated rings. The predicted molar refractivity (Wildman–Crippen MR) is 103 cm³/mol. The number of amides is 1. The number of rotatable bonds is 5. The lowest BCUT2D eigenvalue weighted by molar-refractivity contribution is -0.131. The Balaban J connectivity index is 1.55. The molecule has 1 heterocycles. The number of halogens is 1. The van der Waals surface area contributed by atoms with Crippen molar-refractivity contribution in [2.75, 3.05) is 41.3 Å². The van der Waals surface area contributed by atoms with E-state index in [0.29, 0.717) is 5.69 Å². The Morgan fingerprint density at radius 1 is 0.852 bits per heavy atom. The molecule has 0 spiro atoms. The number of hydrogen-bond acceptors (Lipinski definition) is 4. The molecule has 0 bridgehead atoms. The maximum absolute atomic E-state index is 13.0. The van der Waals surface area contributed by atoms with E-state index in [1.54, 1.807) is 24.3 Å². The number of anilines is 3. The number of nitrogens with one attached hydrogen (secondary N) is 1. The van der Waals surface area contributed by atoms with Crippen LogP contribution in [0.4, 0.5) is 21.5 Å². The van der Waals surface area contributed by atoms with Crippen molar-refractivity contribution in [1.82, 2.24) is 0 Å². The SMILES string of the molecule is O=C(O)C=CC(=O)Nc1ccc(N2CCN(c3ccc(F)cc3)CC2)cc1. The maximum atomic E-state index is 13.0. The van der Waals surface area contributed by atoms with Crippen molar-refractivity contribution < 1.29 is 19.1 Å². The predicted octanol–water partition coefficient (Wildman–Crippen LogP) is 2.73. The number of hydrogen-bond donors (Lipinski definition) is 2. The van der Waals surface area contributed by atoms with Crippen molar-refractivity contribution in [3.05, 3.63) is 66.5 Å². The molecule has 2 aromatic carbocycles. The van der Waals surface area contributed by atoms with Gasteiger partial charge < -0.3 is 20.2 Å². The molecule has 0 saturated carbocycles. The van der Waals surface area contributed by atoms with Gasteiger partial charge in [0.05, 0.1) is 0 Å². The Hall–Kier alpha value is -3.35. The molecule has 2 N–H and O–H groups in total. The Labute approximate surface area is 156 Å². The van der Waals surface area contributed by atoms with Gasteiger partial charge in [0.25, 0.3) is 0 Å². The highest BCUT2D eigenvalue weighted by Crippen LogP contribution is 2.22. The topological polar surface area (TPSA) is 72.9 Å². The van der Waals surface area contributed by atoms with Gasteiger partial charge in [0.1, 0.15) is 5.82 Å². The van der Waals surface area contributed by atoms with E-state index >= 15 is 0 Å². The van der Waals surface area contributed by atoms with Crippen LogP contribution in [0.1, 0.15) is 0 Å². The van der Waals surface area contributed by atoms with Crippen LogP contribution in [-0.4, -0.2) is 43.2 Å². The lowest BCUT2D eigenvalue weighted by atomic mass is 10.2. The third-order valence-corrected chi connectivity index (χ3v) is 4.35. The summed E-state index contributed by atoms with van der Waals surface area (Å²) in [4.78, 5) is 26.5. The minimum atomic E-state index is -1.17. The lowest BCUT2D eigenvalue weighted by Crippen LogP contribution is -2.46. The molecular formula is C20H20FN3O3. The molecule has 1 amide bonds. The maximum Gasteiger partial charge on any atom is 0.328 e. The van der Waals surface area contributed by atoms with Crippen LogP contribution in [0.2, 0.25) is 0 Å². The number of carboxylic acids is 1. The quantitative estimate of drug-likeness (QED) is 0.793. The summed E-state index contributed by atoms with van der Waals surface area (Å²) < 4.78 is 13.0. The van der Waals surface area contributed by atoms with Gasteiger partial charge in [-0.3, -0.25) is 4.79 Å². The second kappa shape index (κ2) is 8.35. The van der Waals surface area contributed by atoms with E-state index in [1.807, 2.05) is 12.1 Å². The number of benzene rings is 2. The highest BCUT2D eigenvalue weighted by atomic mass is 19.1. The van der Waals surface area contributed by atoms with Gasteiger partial charge in [0, 0.05) is 55.4 Å². The van der Waals surface area contributed by atoms with E-state index in [1.165, 1.54) is 12.1 Å². The second-order valence-corrected chi connectivity index (χ2v) is 6.16. The molecule has 0 atom stereocenters. The summed E-state index contributed by atoms with van der Waals surface area (Å²) in [5.74, 6) is -1.89. The first kappa shape index (κ1) is 18.4. The molecular weight excluding hydrogens is 349 g/mol. The van der Waals surface area contributed by atoms with E-state index < -0.39 is 11.9 Å². The summed E-state index contributed by atoms with van der Waals surface area (Å²) >= 11 is 0. The summed E-state index contributed by atoms with van der Waals surface area (Å²) in [6, 6.07) is 13.9. The van der Waals surface area contributed by atoms with Crippen molar-refractivity contribution in [2.45, 2.75) is 0 Å². The van der Waals surface area contributed by atoms with E-state index in [2.05, 4.69) is 15.1 Å². The van der Waals surface area contributed by atoms with Crippen LogP contribution >= 0.6 is 0 Å². The molecule has 1 aliphatic rings. The van der Waals surface area contributed by atoms with Gasteiger partial charge in [-0.25, -0.2) is 9.18 Å². The van der Waals surface area contributed by atoms with Gasteiger partial charge in [0.15, 0.2) is 0 Å². The van der Waals surface area contributed by atoms with E-state index in [9.17, 15) is 14.0 Å². The van der Waals surface area contributed by atoms with Gasteiger partial charge in [-0.1, -0.05) is 0 Å². The first-order valence-electron chi connectivity index (χ1n) is 8.59. The van der Waals surface area contributed by atoms with Crippen LogP contribution in [0.15, 0.2) is 60.7 Å². The largest absolute Gasteiger partial charge is 0.478 e. The first-order valence-corrected chi connectivity index (χ1v) is 8.59. The first-order chi connectivity index (χ1) is 13.0. The average Bonchev–Trinajstić information content (AvgIpc) is 2.68. The molecule has 0 radical (unpaired) electrons. The van der Waals surface area contributed by atoms with Crippen LogP contribution in [0.25, 0.3) is 0 Å². The highest BCUT2D eigenvalue weighted by Gasteiger charge is 2.17.